The SMILES string of the molecule is Cc1cccc(CC(=O)N2CCN(c3ccc(NC(=O)C(C)C)cc3)CC2)c1. The Morgan fingerprint density at radius 2 is 1.68 bits per heavy atom. The number of rotatable bonds is 5. The topological polar surface area (TPSA) is 52.7 Å². The van der Waals surface area contributed by atoms with Crippen LogP contribution in [-0.2, 0) is 16.0 Å². The van der Waals surface area contributed by atoms with Crippen molar-refractivity contribution in [2.75, 3.05) is 36.4 Å². The summed E-state index contributed by atoms with van der Waals surface area (Å²) >= 11 is 0. The van der Waals surface area contributed by atoms with Crippen LogP contribution in [0.4, 0.5) is 11.4 Å². The highest BCUT2D eigenvalue weighted by atomic mass is 16.2. The first-order valence-corrected chi connectivity index (χ1v) is 9.91. The van der Waals surface area contributed by atoms with Crippen molar-refractivity contribution in [2.24, 2.45) is 5.92 Å². The number of carbonyl (C=O) groups is 2. The molecule has 1 aliphatic heterocycles. The Morgan fingerprint density at radius 3 is 2.29 bits per heavy atom. The summed E-state index contributed by atoms with van der Waals surface area (Å²) in [4.78, 5) is 28.6. The van der Waals surface area contributed by atoms with E-state index >= 15 is 0 Å². The standard InChI is InChI=1S/C23H29N3O2/c1-17(2)23(28)24-20-7-9-21(10-8-20)25-11-13-26(14-12-25)22(27)16-19-6-4-5-18(3)15-19/h4-10,15,17H,11-14,16H2,1-3H3,(H,24,28). The molecule has 2 aromatic carbocycles. The van der Waals surface area contributed by atoms with Crippen molar-refractivity contribution < 1.29 is 9.59 Å². The second kappa shape index (κ2) is 8.91. The number of anilines is 2. The summed E-state index contributed by atoms with van der Waals surface area (Å²) in [5.74, 6) is 0.176. The molecule has 0 atom stereocenters. The molecule has 5 heteroatoms. The molecule has 0 aliphatic carbocycles. The maximum Gasteiger partial charge on any atom is 0.227 e. The highest BCUT2D eigenvalue weighted by Gasteiger charge is 2.21. The first kappa shape index (κ1) is 19.9. The third-order valence-corrected chi connectivity index (χ3v) is 5.09. The molecule has 148 valence electrons. The summed E-state index contributed by atoms with van der Waals surface area (Å²) in [6, 6.07) is 16.1. The summed E-state index contributed by atoms with van der Waals surface area (Å²) in [6.07, 6.45) is 0.464. The van der Waals surface area contributed by atoms with Gasteiger partial charge in [0.05, 0.1) is 6.42 Å². The molecule has 1 heterocycles. The number of hydrogen-bond donors (Lipinski definition) is 1. The van der Waals surface area contributed by atoms with Gasteiger partial charge in [-0.05, 0) is 36.8 Å². The predicted octanol–water partition coefficient (Wildman–Crippen LogP) is 3.48. The van der Waals surface area contributed by atoms with Gasteiger partial charge in [-0.1, -0.05) is 43.7 Å². The molecule has 1 N–H and O–H groups in total. The zero-order valence-electron chi connectivity index (χ0n) is 16.9. The van der Waals surface area contributed by atoms with E-state index in [1.165, 1.54) is 5.56 Å². The number of piperazine rings is 1. The third-order valence-electron chi connectivity index (χ3n) is 5.09. The quantitative estimate of drug-likeness (QED) is 0.865. The number of benzene rings is 2. The minimum absolute atomic E-state index is 0.0217. The summed E-state index contributed by atoms with van der Waals surface area (Å²) in [7, 11) is 0. The zero-order valence-corrected chi connectivity index (χ0v) is 16.9. The van der Waals surface area contributed by atoms with Crippen LogP contribution in [-0.4, -0.2) is 42.9 Å². The van der Waals surface area contributed by atoms with Crippen LogP contribution in [0.15, 0.2) is 48.5 Å². The highest BCUT2D eigenvalue weighted by molar-refractivity contribution is 5.92. The van der Waals surface area contributed by atoms with E-state index in [2.05, 4.69) is 16.3 Å². The van der Waals surface area contributed by atoms with Crippen molar-refractivity contribution in [1.82, 2.24) is 4.90 Å². The molecule has 1 saturated heterocycles. The fraction of sp³-hybridized carbons (Fsp3) is 0.391. The number of hydrogen-bond acceptors (Lipinski definition) is 3. The Bertz CT molecular complexity index is 822. The normalized spacial score (nSPS) is 14.3. The van der Waals surface area contributed by atoms with Crippen molar-refractivity contribution >= 4 is 23.2 Å². The van der Waals surface area contributed by atoms with Crippen LogP contribution >= 0.6 is 0 Å². The van der Waals surface area contributed by atoms with Crippen LogP contribution in [0.25, 0.3) is 0 Å². The van der Waals surface area contributed by atoms with E-state index in [4.69, 9.17) is 0 Å². The Balaban J connectivity index is 1.52. The molecule has 0 radical (unpaired) electrons. The summed E-state index contributed by atoms with van der Waals surface area (Å²) in [5, 5.41) is 2.91. The smallest absolute Gasteiger partial charge is 0.227 e. The summed E-state index contributed by atoms with van der Waals surface area (Å²) in [5.41, 5.74) is 4.19. The van der Waals surface area contributed by atoms with Crippen molar-refractivity contribution in [3.8, 4) is 0 Å². The molecular weight excluding hydrogens is 350 g/mol. The summed E-state index contributed by atoms with van der Waals surface area (Å²) in [6.45, 7) is 8.90. The van der Waals surface area contributed by atoms with Gasteiger partial charge in [0.2, 0.25) is 11.8 Å². The maximum absolute atomic E-state index is 12.6. The third kappa shape index (κ3) is 5.12. The number of nitrogens with one attached hydrogen (secondary N) is 1. The lowest BCUT2D eigenvalue weighted by Crippen LogP contribution is -2.49. The van der Waals surface area contributed by atoms with Crippen LogP contribution in [0.5, 0.6) is 0 Å². The molecule has 0 aromatic heterocycles. The number of nitrogens with zero attached hydrogens (tertiary/aromatic N) is 2. The van der Waals surface area contributed by atoms with E-state index in [0.717, 1.165) is 43.1 Å². The molecule has 5 nitrogen and oxygen atoms in total. The molecule has 2 aromatic rings. The lowest BCUT2D eigenvalue weighted by atomic mass is 10.1. The number of aryl methyl sites for hydroxylation is 1. The lowest BCUT2D eigenvalue weighted by molar-refractivity contribution is -0.130. The van der Waals surface area contributed by atoms with Gasteiger partial charge in [-0.15, -0.1) is 0 Å². The second-order valence-electron chi connectivity index (χ2n) is 7.72. The van der Waals surface area contributed by atoms with Gasteiger partial charge in [-0.2, -0.15) is 0 Å². The molecule has 2 amide bonds. The van der Waals surface area contributed by atoms with Gasteiger partial charge in [-0.3, -0.25) is 9.59 Å². The predicted molar refractivity (Wildman–Crippen MR) is 114 cm³/mol. The first-order chi connectivity index (χ1) is 13.4. The molecule has 0 spiro atoms. The van der Waals surface area contributed by atoms with E-state index in [1.54, 1.807) is 0 Å². The molecule has 0 bridgehead atoms. The fourth-order valence-electron chi connectivity index (χ4n) is 3.36. The first-order valence-electron chi connectivity index (χ1n) is 9.91. The number of carbonyl (C=O) groups excluding carboxylic acids is 2. The Labute approximate surface area is 167 Å². The van der Waals surface area contributed by atoms with Crippen LogP contribution in [0.2, 0.25) is 0 Å². The Kier molecular flexibility index (Phi) is 6.34. The van der Waals surface area contributed by atoms with E-state index < -0.39 is 0 Å². The van der Waals surface area contributed by atoms with Crippen LogP contribution in [0.3, 0.4) is 0 Å². The van der Waals surface area contributed by atoms with E-state index in [9.17, 15) is 9.59 Å². The van der Waals surface area contributed by atoms with Gasteiger partial charge < -0.3 is 15.1 Å². The maximum atomic E-state index is 12.6. The van der Waals surface area contributed by atoms with Crippen molar-refractivity contribution in [3.63, 3.8) is 0 Å². The van der Waals surface area contributed by atoms with Crippen LogP contribution < -0.4 is 10.2 Å². The average molecular weight is 380 g/mol. The van der Waals surface area contributed by atoms with Gasteiger partial charge >= 0.3 is 0 Å². The zero-order chi connectivity index (χ0) is 20.1. The van der Waals surface area contributed by atoms with Gasteiger partial charge in [-0.25, -0.2) is 0 Å². The lowest BCUT2D eigenvalue weighted by Gasteiger charge is -2.36. The van der Waals surface area contributed by atoms with Crippen LogP contribution in [0.1, 0.15) is 25.0 Å². The van der Waals surface area contributed by atoms with Gasteiger partial charge in [0.1, 0.15) is 0 Å². The van der Waals surface area contributed by atoms with Crippen molar-refractivity contribution in [3.05, 3.63) is 59.7 Å². The minimum Gasteiger partial charge on any atom is -0.368 e. The van der Waals surface area contributed by atoms with Gasteiger partial charge in [0, 0.05) is 43.5 Å². The molecule has 1 aliphatic rings. The van der Waals surface area contributed by atoms with E-state index in [1.807, 2.05) is 68.1 Å². The molecule has 28 heavy (non-hydrogen) atoms. The molecule has 1 fully saturated rings. The Hall–Kier alpha value is -2.82. The largest absolute Gasteiger partial charge is 0.368 e. The monoisotopic (exact) mass is 379 g/mol. The average Bonchev–Trinajstić information content (AvgIpc) is 2.68. The van der Waals surface area contributed by atoms with Gasteiger partial charge in [0.25, 0.3) is 0 Å². The number of amides is 2. The van der Waals surface area contributed by atoms with E-state index in [-0.39, 0.29) is 17.7 Å². The molecular formula is C23H29N3O2. The minimum atomic E-state index is -0.0370. The van der Waals surface area contributed by atoms with E-state index in [0.29, 0.717) is 6.42 Å². The second-order valence-corrected chi connectivity index (χ2v) is 7.72. The fourth-order valence-corrected chi connectivity index (χ4v) is 3.36. The molecule has 0 saturated carbocycles. The van der Waals surface area contributed by atoms with Crippen molar-refractivity contribution in [2.45, 2.75) is 27.2 Å². The molecule has 0 unspecified atom stereocenters. The van der Waals surface area contributed by atoms with Crippen molar-refractivity contribution in [1.29, 1.82) is 0 Å². The molecule has 3 rings (SSSR count). The van der Waals surface area contributed by atoms with Crippen LogP contribution in [0, 0.1) is 12.8 Å². The van der Waals surface area contributed by atoms with Gasteiger partial charge in [0.15, 0.2) is 0 Å². The summed E-state index contributed by atoms with van der Waals surface area (Å²) < 4.78 is 0. The highest BCUT2D eigenvalue weighted by Crippen LogP contribution is 2.20. The Morgan fingerprint density at radius 1 is 1.00 bits per heavy atom.